The highest BCUT2D eigenvalue weighted by Gasteiger charge is 2.55. The van der Waals surface area contributed by atoms with Crippen LogP contribution in [0.5, 0.6) is 0 Å². The largest absolute Gasteiger partial charge is 0.315 e. The average molecular weight is 248 g/mol. The van der Waals surface area contributed by atoms with Gasteiger partial charge in [0.1, 0.15) is 0 Å². The predicted octanol–water partition coefficient (Wildman–Crippen LogP) is 2.71. The van der Waals surface area contributed by atoms with E-state index in [2.05, 4.69) is 31.4 Å². The summed E-state index contributed by atoms with van der Waals surface area (Å²) in [4.78, 5) is 0. The molecule has 1 saturated carbocycles. The molecule has 3 aliphatic rings. The fourth-order valence-corrected chi connectivity index (χ4v) is 4.26. The SMILES string of the molecule is CC1CCC2C(=C1CCNC1CCNC1)C2(C)C. The van der Waals surface area contributed by atoms with Crippen LogP contribution in [0.25, 0.3) is 0 Å². The Hall–Kier alpha value is -0.340. The lowest BCUT2D eigenvalue weighted by Crippen LogP contribution is -2.32. The summed E-state index contributed by atoms with van der Waals surface area (Å²) < 4.78 is 0. The number of hydrogen-bond acceptors (Lipinski definition) is 2. The molecular formula is C16H28N2. The maximum atomic E-state index is 3.72. The summed E-state index contributed by atoms with van der Waals surface area (Å²) in [5.74, 6) is 1.76. The first kappa shape index (κ1) is 12.7. The molecule has 2 fully saturated rings. The normalized spacial score (nSPS) is 37.8. The molecule has 0 amide bonds. The molecule has 2 N–H and O–H groups in total. The van der Waals surface area contributed by atoms with E-state index in [1.165, 1.54) is 38.8 Å². The zero-order valence-electron chi connectivity index (χ0n) is 12.2. The Balaban J connectivity index is 1.57. The van der Waals surface area contributed by atoms with Crippen molar-refractivity contribution in [2.45, 2.75) is 52.5 Å². The number of nitrogens with one attached hydrogen (secondary N) is 2. The highest BCUT2D eigenvalue weighted by molar-refractivity contribution is 5.43. The van der Waals surface area contributed by atoms with E-state index >= 15 is 0 Å². The second kappa shape index (κ2) is 4.64. The van der Waals surface area contributed by atoms with Gasteiger partial charge in [-0.05, 0) is 56.0 Å². The predicted molar refractivity (Wildman–Crippen MR) is 76.6 cm³/mol. The molecule has 0 aromatic carbocycles. The Labute approximate surface area is 112 Å². The lowest BCUT2D eigenvalue weighted by molar-refractivity contribution is 0.465. The van der Waals surface area contributed by atoms with Crippen LogP contribution in [0.15, 0.2) is 11.1 Å². The van der Waals surface area contributed by atoms with Crippen LogP contribution < -0.4 is 10.6 Å². The second-order valence-corrected chi connectivity index (χ2v) is 7.09. The lowest BCUT2D eigenvalue weighted by atomic mass is 9.87. The van der Waals surface area contributed by atoms with Crippen molar-refractivity contribution in [3.63, 3.8) is 0 Å². The minimum absolute atomic E-state index is 0.537. The summed E-state index contributed by atoms with van der Waals surface area (Å²) in [5.41, 5.74) is 4.16. The van der Waals surface area contributed by atoms with Crippen molar-refractivity contribution in [1.29, 1.82) is 0 Å². The minimum atomic E-state index is 0.537. The van der Waals surface area contributed by atoms with Gasteiger partial charge in [-0.25, -0.2) is 0 Å². The summed E-state index contributed by atoms with van der Waals surface area (Å²) >= 11 is 0. The van der Waals surface area contributed by atoms with Crippen LogP contribution in [0.2, 0.25) is 0 Å². The van der Waals surface area contributed by atoms with Gasteiger partial charge < -0.3 is 10.6 Å². The highest BCUT2D eigenvalue weighted by atomic mass is 15.0. The molecule has 102 valence electrons. The Kier molecular flexibility index (Phi) is 3.27. The fourth-order valence-electron chi connectivity index (χ4n) is 4.26. The van der Waals surface area contributed by atoms with Crippen molar-refractivity contribution in [3.05, 3.63) is 11.1 Å². The van der Waals surface area contributed by atoms with Gasteiger partial charge in [-0.2, -0.15) is 0 Å². The summed E-state index contributed by atoms with van der Waals surface area (Å²) in [6, 6.07) is 0.720. The van der Waals surface area contributed by atoms with Gasteiger partial charge in [-0.15, -0.1) is 0 Å². The molecule has 2 nitrogen and oxygen atoms in total. The van der Waals surface area contributed by atoms with Crippen molar-refractivity contribution < 1.29 is 0 Å². The van der Waals surface area contributed by atoms with Crippen LogP contribution in [0.4, 0.5) is 0 Å². The molecule has 0 radical (unpaired) electrons. The topological polar surface area (TPSA) is 24.1 Å². The monoisotopic (exact) mass is 248 g/mol. The summed E-state index contributed by atoms with van der Waals surface area (Å²) in [6.45, 7) is 10.9. The molecule has 3 rings (SSSR count). The molecule has 1 heterocycles. The van der Waals surface area contributed by atoms with Gasteiger partial charge in [0.05, 0.1) is 0 Å². The van der Waals surface area contributed by atoms with Crippen molar-refractivity contribution in [2.75, 3.05) is 19.6 Å². The quantitative estimate of drug-likeness (QED) is 0.748. The molecular weight excluding hydrogens is 220 g/mol. The summed E-state index contributed by atoms with van der Waals surface area (Å²) in [6.07, 6.45) is 5.44. The maximum Gasteiger partial charge on any atom is 0.0204 e. The van der Waals surface area contributed by atoms with Crippen molar-refractivity contribution in [2.24, 2.45) is 17.3 Å². The van der Waals surface area contributed by atoms with Gasteiger partial charge >= 0.3 is 0 Å². The summed E-state index contributed by atoms with van der Waals surface area (Å²) in [5, 5.41) is 7.14. The van der Waals surface area contributed by atoms with E-state index in [1.807, 2.05) is 5.57 Å². The Morgan fingerprint density at radius 3 is 2.83 bits per heavy atom. The zero-order valence-corrected chi connectivity index (χ0v) is 12.2. The number of allylic oxidation sites excluding steroid dienone is 1. The molecule has 3 atom stereocenters. The molecule has 18 heavy (non-hydrogen) atoms. The maximum absolute atomic E-state index is 3.72. The van der Waals surface area contributed by atoms with Crippen LogP contribution >= 0.6 is 0 Å². The van der Waals surface area contributed by atoms with E-state index in [-0.39, 0.29) is 0 Å². The molecule has 1 saturated heterocycles. The third kappa shape index (κ3) is 2.14. The smallest absolute Gasteiger partial charge is 0.0204 e. The zero-order chi connectivity index (χ0) is 12.8. The first-order chi connectivity index (χ1) is 8.60. The lowest BCUT2D eigenvalue weighted by Gasteiger charge is -2.21. The second-order valence-electron chi connectivity index (χ2n) is 7.09. The van der Waals surface area contributed by atoms with E-state index < -0.39 is 0 Å². The highest BCUT2D eigenvalue weighted by Crippen LogP contribution is 2.65. The van der Waals surface area contributed by atoms with Crippen molar-refractivity contribution in [3.8, 4) is 0 Å². The standard InChI is InChI=1S/C16H28N2/c1-11-4-5-14-15(16(14,2)3)13(11)7-9-18-12-6-8-17-10-12/h11-12,14,17-18H,4-10H2,1-3H3. The van der Waals surface area contributed by atoms with Gasteiger partial charge in [-0.3, -0.25) is 0 Å². The number of rotatable bonds is 4. The average Bonchev–Trinajstić information content (AvgIpc) is 2.73. The van der Waals surface area contributed by atoms with Gasteiger partial charge in [0.15, 0.2) is 0 Å². The molecule has 0 aromatic heterocycles. The minimum Gasteiger partial charge on any atom is -0.315 e. The first-order valence-corrected chi connectivity index (χ1v) is 7.78. The van der Waals surface area contributed by atoms with Crippen molar-refractivity contribution in [1.82, 2.24) is 10.6 Å². The third-order valence-corrected chi connectivity index (χ3v) is 5.55. The fraction of sp³-hybridized carbons (Fsp3) is 0.875. The van der Waals surface area contributed by atoms with Gasteiger partial charge in [0, 0.05) is 12.6 Å². The molecule has 2 heteroatoms. The molecule has 0 bridgehead atoms. The van der Waals surface area contributed by atoms with E-state index in [4.69, 9.17) is 0 Å². The first-order valence-electron chi connectivity index (χ1n) is 7.78. The molecule has 3 unspecified atom stereocenters. The van der Waals surface area contributed by atoms with Gasteiger partial charge in [0.25, 0.3) is 0 Å². The van der Waals surface area contributed by atoms with Crippen LogP contribution in [0.3, 0.4) is 0 Å². The molecule has 0 aromatic rings. The molecule has 0 spiro atoms. The number of hydrogen-bond donors (Lipinski definition) is 2. The van der Waals surface area contributed by atoms with E-state index in [0.29, 0.717) is 5.41 Å². The van der Waals surface area contributed by atoms with E-state index in [1.54, 1.807) is 5.57 Å². The molecule has 1 aliphatic heterocycles. The van der Waals surface area contributed by atoms with Crippen molar-refractivity contribution >= 4 is 0 Å². The van der Waals surface area contributed by atoms with Crippen LogP contribution in [-0.2, 0) is 0 Å². The molecule has 2 aliphatic carbocycles. The van der Waals surface area contributed by atoms with Crippen LogP contribution in [-0.4, -0.2) is 25.7 Å². The Morgan fingerprint density at radius 2 is 2.11 bits per heavy atom. The summed E-state index contributed by atoms with van der Waals surface area (Å²) in [7, 11) is 0. The van der Waals surface area contributed by atoms with Gasteiger partial charge in [0.2, 0.25) is 0 Å². The Bertz CT molecular complexity index is 350. The van der Waals surface area contributed by atoms with Crippen LogP contribution in [0, 0.1) is 17.3 Å². The van der Waals surface area contributed by atoms with Gasteiger partial charge in [-0.1, -0.05) is 31.9 Å². The van der Waals surface area contributed by atoms with E-state index in [9.17, 15) is 0 Å². The number of fused-ring (bicyclic) bond motifs is 1. The van der Waals surface area contributed by atoms with E-state index in [0.717, 1.165) is 24.4 Å². The van der Waals surface area contributed by atoms with Crippen LogP contribution in [0.1, 0.15) is 46.5 Å². The third-order valence-electron chi connectivity index (χ3n) is 5.55. The Morgan fingerprint density at radius 1 is 1.28 bits per heavy atom.